The van der Waals surface area contributed by atoms with Gasteiger partial charge in [0, 0.05) is 18.5 Å². The normalized spacial score (nSPS) is 20.9. The van der Waals surface area contributed by atoms with Crippen LogP contribution in [-0.2, 0) is 22.7 Å². The van der Waals surface area contributed by atoms with Crippen LogP contribution in [0.5, 0.6) is 5.75 Å². The molecule has 0 bridgehead atoms. The maximum atomic E-state index is 12.7. The van der Waals surface area contributed by atoms with E-state index in [0.29, 0.717) is 29.8 Å². The predicted octanol–water partition coefficient (Wildman–Crippen LogP) is -0.0515. The number of imide groups is 1. The number of nitrogens with zero attached hydrogens (tertiary/aromatic N) is 1. The summed E-state index contributed by atoms with van der Waals surface area (Å²) in [7, 11) is 1.44. The lowest BCUT2D eigenvalue weighted by atomic mass is 10.0. The van der Waals surface area contributed by atoms with E-state index in [-0.39, 0.29) is 24.8 Å². The van der Waals surface area contributed by atoms with Gasteiger partial charge in [-0.05, 0) is 12.0 Å². The summed E-state index contributed by atoms with van der Waals surface area (Å²) in [6, 6.07) is 2.81. The van der Waals surface area contributed by atoms with Gasteiger partial charge in [0.2, 0.25) is 11.8 Å². The molecule has 2 aliphatic heterocycles. The van der Waals surface area contributed by atoms with E-state index in [1.165, 1.54) is 12.0 Å². The molecule has 7 nitrogen and oxygen atoms in total. The van der Waals surface area contributed by atoms with Crippen LogP contribution in [0.25, 0.3) is 0 Å². The van der Waals surface area contributed by atoms with Gasteiger partial charge in [-0.2, -0.15) is 0 Å². The first-order valence-electron chi connectivity index (χ1n) is 7.01. The van der Waals surface area contributed by atoms with E-state index in [4.69, 9.17) is 4.74 Å². The van der Waals surface area contributed by atoms with Crippen LogP contribution in [0.2, 0.25) is 0 Å². The number of aliphatic hydroxyl groups is 1. The number of carbonyl (C=O) groups is 3. The molecule has 3 rings (SSSR count). The van der Waals surface area contributed by atoms with Crippen LogP contribution in [0.4, 0.5) is 0 Å². The van der Waals surface area contributed by atoms with Crippen molar-refractivity contribution >= 4 is 17.7 Å². The Balaban J connectivity index is 1.95. The smallest absolute Gasteiger partial charge is 0.258 e. The fourth-order valence-electron chi connectivity index (χ4n) is 3.02. The Hall–Kier alpha value is -2.41. The third-order valence-electron chi connectivity index (χ3n) is 4.10. The highest BCUT2D eigenvalue weighted by Gasteiger charge is 2.40. The molecule has 1 aromatic rings. The summed E-state index contributed by atoms with van der Waals surface area (Å²) in [6.07, 6.45) is 0.537. The Morgan fingerprint density at radius 3 is 2.77 bits per heavy atom. The Morgan fingerprint density at radius 2 is 2.14 bits per heavy atom. The van der Waals surface area contributed by atoms with Crippen molar-refractivity contribution in [2.45, 2.75) is 32.0 Å². The van der Waals surface area contributed by atoms with Gasteiger partial charge < -0.3 is 14.7 Å². The Kier molecular flexibility index (Phi) is 3.58. The third kappa shape index (κ3) is 2.14. The summed E-state index contributed by atoms with van der Waals surface area (Å²) in [5, 5.41) is 11.6. The molecule has 1 aromatic carbocycles. The number of methoxy groups -OCH3 is 1. The van der Waals surface area contributed by atoms with Crippen molar-refractivity contribution in [3.05, 3.63) is 28.8 Å². The second kappa shape index (κ2) is 5.42. The molecule has 2 aliphatic rings. The first-order chi connectivity index (χ1) is 10.6. The van der Waals surface area contributed by atoms with Crippen molar-refractivity contribution in [1.29, 1.82) is 0 Å². The maximum Gasteiger partial charge on any atom is 0.258 e. The standard InChI is InChI=1S/C15H16N2O5/c1-22-13-9(7-18)3-2-8-6-17(15(21)12(8)13)10-4-5-11(19)16-14(10)20/h2-3,10,18H,4-7H2,1H3,(H,16,19,20). The zero-order valence-corrected chi connectivity index (χ0v) is 12.1. The molecule has 116 valence electrons. The molecule has 1 unspecified atom stereocenters. The summed E-state index contributed by atoms with van der Waals surface area (Å²) < 4.78 is 5.27. The van der Waals surface area contributed by atoms with E-state index in [9.17, 15) is 19.5 Å². The topological polar surface area (TPSA) is 95.9 Å². The number of carbonyl (C=O) groups excluding carboxylic acids is 3. The Labute approximate surface area is 126 Å². The van der Waals surface area contributed by atoms with Crippen molar-refractivity contribution in [2.75, 3.05) is 7.11 Å². The van der Waals surface area contributed by atoms with Gasteiger partial charge in [0.15, 0.2) is 0 Å². The lowest BCUT2D eigenvalue weighted by Crippen LogP contribution is -2.52. The highest BCUT2D eigenvalue weighted by molar-refractivity contribution is 6.06. The predicted molar refractivity (Wildman–Crippen MR) is 75.0 cm³/mol. The van der Waals surface area contributed by atoms with Crippen LogP contribution >= 0.6 is 0 Å². The molecular weight excluding hydrogens is 288 g/mol. The minimum absolute atomic E-state index is 0.218. The van der Waals surface area contributed by atoms with Crippen LogP contribution in [0.3, 0.4) is 0 Å². The maximum absolute atomic E-state index is 12.7. The number of hydrogen-bond donors (Lipinski definition) is 2. The lowest BCUT2D eigenvalue weighted by molar-refractivity contribution is -0.136. The van der Waals surface area contributed by atoms with Crippen molar-refractivity contribution in [1.82, 2.24) is 10.2 Å². The molecule has 0 spiro atoms. The number of benzene rings is 1. The van der Waals surface area contributed by atoms with E-state index in [0.717, 1.165) is 5.56 Å². The van der Waals surface area contributed by atoms with Gasteiger partial charge in [-0.25, -0.2) is 0 Å². The quantitative estimate of drug-likeness (QED) is 0.763. The number of hydrogen-bond acceptors (Lipinski definition) is 5. The first kappa shape index (κ1) is 14.5. The average molecular weight is 304 g/mol. The summed E-state index contributed by atoms with van der Waals surface area (Å²) in [5.74, 6) is -0.722. The van der Waals surface area contributed by atoms with Gasteiger partial charge in [0.1, 0.15) is 11.8 Å². The van der Waals surface area contributed by atoms with E-state index in [1.807, 2.05) is 0 Å². The van der Waals surface area contributed by atoms with E-state index in [1.54, 1.807) is 12.1 Å². The molecule has 7 heteroatoms. The molecule has 22 heavy (non-hydrogen) atoms. The second-order valence-corrected chi connectivity index (χ2v) is 5.35. The molecule has 3 amide bonds. The van der Waals surface area contributed by atoms with Crippen molar-refractivity contribution < 1.29 is 24.2 Å². The monoisotopic (exact) mass is 304 g/mol. The van der Waals surface area contributed by atoms with Gasteiger partial charge in [-0.1, -0.05) is 12.1 Å². The summed E-state index contributed by atoms with van der Waals surface area (Å²) in [5.41, 5.74) is 1.67. The van der Waals surface area contributed by atoms with Crippen molar-refractivity contribution in [2.24, 2.45) is 0 Å². The molecule has 2 N–H and O–H groups in total. The van der Waals surface area contributed by atoms with Crippen molar-refractivity contribution in [3.63, 3.8) is 0 Å². The van der Waals surface area contributed by atoms with Crippen LogP contribution < -0.4 is 10.1 Å². The zero-order valence-electron chi connectivity index (χ0n) is 12.1. The van der Waals surface area contributed by atoms with Gasteiger partial charge in [-0.15, -0.1) is 0 Å². The average Bonchev–Trinajstić information content (AvgIpc) is 2.83. The molecule has 2 heterocycles. The highest BCUT2D eigenvalue weighted by Crippen LogP contribution is 2.35. The van der Waals surface area contributed by atoms with Gasteiger partial charge in [0.25, 0.3) is 5.91 Å². The summed E-state index contributed by atoms with van der Waals surface area (Å²) in [4.78, 5) is 37.3. The largest absolute Gasteiger partial charge is 0.496 e. The van der Waals surface area contributed by atoms with E-state index < -0.39 is 11.9 Å². The van der Waals surface area contributed by atoms with E-state index in [2.05, 4.69) is 5.32 Å². The lowest BCUT2D eigenvalue weighted by Gasteiger charge is -2.29. The third-order valence-corrected chi connectivity index (χ3v) is 4.10. The summed E-state index contributed by atoms with van der Waals surface area (Å²) in [6.45, 7) is 0.0602. The van der Waals surface area contributed by atoms with Crippen LogP contribution in [0, 0.1) is 0 Å². The van der Waals surface area contributed by atoms with Crippen LogP contribution in [0.15, 0.2) is 12.1 Å². The number of nitrogens with one attached hydrogen (secondary N) is 1. The highest BCUT2D eigenvalue weighted by atomic mass is 16.5. The molecule has 0 aliphatic carbocycles. The summed E-state index contributed by atoms with van der Waals surface area (Å²) >= 11 is 0. The van der Waals surface area contributed by atoms with Crippen LogP contribution in [-0.4, -0.2) is 40.9 Å². The molecule has 0 aromatic heterocycles. The number of piperidine rings is 1. The van der Waals surface area contributed by atoms with Crippen molar-refractivity contribution in [3.8, 4) is 5.75 Å². The molecule has 1 atom stereocenters. The van der Waals surface area contributed by atoms with Gasteiger partial charge in [0.05, 0.1) is 19.3 Å². The van der Waals surface area contributed by atoms with Crippen LogP contribution in [0.1, 0.15) is 34.3 Å². The second-order valence-electron chi connectivity index (χ2n) is 5.35. The number of amides is 3. The minimum atomic E-state index is -0.653. The number of rotatable bonds is 3. The fraction of sp³-hybridized carbons (Fsp3) is 0.400. The SMILES string of the molecule is COc1c(CO)ccc2c1C(=O)N(C1CCC(=O)NC1=O)C2. The molecule has 0 saturated carbocycles. The van der Waals surface area contributed by atoms with E-state index >= 15 is 0 Å². The van der Waals surface area contributed by atoms with Gasteiger partial charge in [-0.3, -0.25) is 19.7 Å². The molecule has 1 saturated heterocycles. The zero-order chi connectivity index (χ0) is 15.9. The Morgan fingerprint density at radius 1 is 1.36 bits per heavy atom. The molecule has 1 fully saturated rings. The fourth-order valence-corrected chi connectivity index (χ4v) is 3.02. The van der Waals surface area contributed by atoms with Gasteiger partial charge >= 0.3 is 0 Å². The minimum Gasteiger partial charge on any atom is -0.496 e. The first-order valence-corrected chi connectivity index (χ1v) is 7.01. The molecule has 0 radical (unpaired) electrons. The molecular formula is C15H16N2O5. The number of ether oxygens (including phenoxy) is 1. The Bertz CT molecular complexity index is 670. The number of aliphatic hydroxyl groups excluding tert-OH is 1. The number of fused-ring (bicyclic) bond motifs is 1.